The van der Waals surface area contributed by atoms with Crippen LogP contribution in [0.2, 0.25) is 0 Å². The molecule has 0 bridgehead atoms. The molecule has 0 radical (unpaired) electrons. The zero-order valence-electron chi connectivity index (χ0n) is 9.75. The Labute approximate surface area is 101 Å². The van der Waals surface area contributed by atoms with Gasteiger partial charge in [-0.1, -0.05) is 12.2 Å². The average Bonchev–Trinajstić information content (AvgIpc) is 2.95. The number of hydrogen-bond acceptors (Lipinski definition) is 3. The lowest BCUT2D eigenvalue weighted by atomic mass is 10.1. The summed E-state index contributed by atoms with van der Waals surface area (Å²) in [6.45, 7) is 1.51. The molecule has 1 heterocycles. The van der Waals surface area contributed by atoms with E-state index in [0.29, 0.717) is 6.54 Å². The van der Waals surface area contributed by atoms with E-state index in [2.05, 4.69) is 10.4 Å². The van der Waals surface area contributed by atoms with Gasteiger partial charge in [0.15, 0.2) is 0 Å². The van der Waals surface area contributed by atoms with Gasteiger partial charge in [-0.2, -0.15) is 5.10 Å². The van der Waals surface area contributed by atoms with Gasteiger partial charge in [0.2, 0.25) is 5.91 Å². The van der Waals surface area contributed by atoms with Crippen molar-refractivity contribution in [3.05, 3.63) is 30.6 Å². The van der Waals surface area contributed by atoms with Crippen molar-refractivity contribution in [2.45, 2.75) is 25.4 Å². The van der Waals surface area contributed by atoms with Gasteiger partial charge in [0.25, 0.3) is 0 Å². The maximum absolute atomic E-state index is 11.7. The SMILES string of the molecule is NC1C=CC(C(=O)NCCCn2cccn2)C1. The third-order valence-electron chi connectivity index (χ3n) is 2.88. The lowest BCUT2D eigenvalue weighted by Gasteiger charge is -2.10. The van der Waals surface area contributed by atoms with Gasteiger partial charge < -0.3 is 11.1 Å². The quantitative estimate of drug-likeness (QED) is 0.568. The standard InChI is InChI=1S/C12H18N4O/c13-11-4-3-10(9-11)12(17)14-5-1-7-16-8-2-6-15-16/h2-4,6,8,10-11H,1,5,7,9,13H2,(H,14,17). The summed E-state index contributed by atoms with van der Waals surface area (Å²) in [5, 5.41) is 7.02. The predicted octanol–water partition coefficient (Wildman–Crippen LogP) is 0.293. The van der Waals surface area contributed by atoms with Gasteiger partial charge >= 0.3 is 0 Å². The van der Waals surface area contributed by atoms with Crippen LogP contribution in [0.5, 0.6) is 0 Å². The Morgan fingerprint density at radius 2 is 2.41 bits per heavy atom. The third-order valence-corrected chi connectivity index (χ3v) is 2.88. The van der Waals surface area contributed by atoms with E-state index in [-0.39, 0.29) is 17.9 Å². The minimum Gasteiger partial charge on any atom is -0.356 e. The third kappa shape index (κ3) is 3.42. The second kappa shape index (κ2) is 5.63. The molecule has 92 valence electrons. The number of nitrogens with zero attached hydrogens (tertiary/aromatic N) is 2. The molecule has 1 aromatic heterocycles. The molecule has 1 aliphatic rings. The zero-order chi connectivity index (χ0) is 12.1. The molecule has 3 N–H and O–H groups in total. The molecule has 2 unspecified atom stereocenters. The molecule has 1 aromatic rings. The molecule has 0 saturated carbocycles. The fraction of sp³-hybridized carbons (Fsp3) is 0.500. The molecule has 2 rings (SSSR count). The van der Waals surface area contributed by atoms with E-state index in [9.17, 15) is 4.79 Å². The molecule has 5 heteroatoms. The van der Waals surface area contributed by atoms with Crippen LogP contribution in [0.4, 0.5) is 0 Å². The molecule has 1 amide bonds. The number of amides is 1. The van der Waals surface area contributed by atoms with E-state index in [0.717, 1.165) is 19.4 Å². The Balaban J connectivity index is 1.62. The zero-order valence-corrected chi connectivity index (χ0v) is 9.75. The first-order valence-electron chi connectivity index (χ1n) is 5.95. The van der Waals surface area contributed by atoms with Crippen molar-refractivity contribution in [2.24, 2.45) is 11.7 Å². The number of carbonyl (C=O) groups is 1. The minimum absolute atomic E-state index is 0.0369. The average molecular weight is 234 g/mol. The number of aromatic nitrogens is 2. The van der Waals surface area contributed by atoms with E-state index in [1.165, 1.54) is 0 Å². The van der Waals surface area contributed by atoms with Gasteiger partial charge in [-0.3, -0.25) is 9.48 Å². The highest BCUT2D eigenvalue weighted by atomic mass is 16.1. The first-order chi connectivity index (χ1) is 8.25. The topological polar surface area (TPSA) is 72.9 Å². The van der Waals surface area contributed by atoms with Crippen molar-refractivity contribution in [1.29, 1.82) is 0 Å². The summed E-state index contributed by atoms with van der Waals surface area (Å²) in [4.78, 5) is 11.7. The summed E-state index contributed by atoms with van der Waals surface area (Å²) < 4.78 is 1.86. The van der Waals surface area contributed by atoms with Gasteiger partial charge in [0.05, 0.1) is 5.92 Å². The number of hydrogen-bond donors (Lipinski definition) is 2. The maximum atomic E-state index is 11.7. The molecule has 17 heavy (non-hydrogen) atoms. The second-order valence-corrected chi connectivity index (χ2v) is 4.30. The molecule has 0 spiro atoms. The summed E-state index contributed by atoms with van der Waals surface area (Å²) in [5.41, 5.74) is 5.70. The lowest BCUT2D eigenvalue weighted by molar-refractivity contribution is -0.123. The van der Waals surface area contributed by atoms with Gasteiger partial charge in [-0.15, -0.1) is 0 Å². The van der Waals surface area contributed by atoms with E-state index in [4.69, 9.17) is 5.73 Å². The number of nitrogens with two attached hydrogens (primary N) is 1. The number of aryl methyl sites for hydroxylation is 1. The normalized spacial score (nSPS) is 22.9. The van der Waals surface area contributed by atoms with Crippen LogP contribution in [-0.4, -0.2) is 28.3 Å². The molecular weight excluding hydrogens is 216 g/mol. The molecule has 2 atom stereocenters. The Hall–Kier alpha value is -1.62. The summed E-state index contributed by atoms with van der Waals surface area (Å²) in [6.07, 6.45) is 9.08. The fourth-order valence-electron chi connectivity index (χ4n) is 1.94. The van der Waals surface area contributed by atoms with Crippen LogP contribution in [0.15, 0.2) is 30.6 Å². The van der Waals surface area contributed by atoms with Crippen molar-refractivity contribution in [1.82, 2.24) is 15.1 Å². The smallest absolute Gasteiger partial charge is 0.226 e. The van der Waals surface area contributed by atoms with Gasteiger partial charge in [0, 0.05) is 31.5 Å². The van der Waals surface area contributed by atoms with Crippen molar-refractivity contribution < 1.29 is 4.79 Å². The van der Waals surface area contributed by atoms with Crippen LogP contribution in [0.25, 0.3) is 0 Å². The van der Waals surface area contributed by atoms with Crippen LogP contribution in [-0.2, 0) is 11.3 Å². The van der Waals surface area contributed by atoms with Crippen LogP contribution in [0.3, 0.4) is 0 Å². The molecular formula is C12H18N4O. The predicted molar refractivity (Wildman–Crippen MR) is 65.1 cm³/mol. The summed E-state index contributed by atoms with van der Waals surface area (Å²) in [5.74, 6) is 0.0318. The second-order valence-electron chi connectivity index (χ2n) is 4.30. The Morgan fingerprint density at radius 3 is 3.06 bits per heavy atom. The Morgan fingerprint density at radius 1 is 1.53 bits per heavy atom. The first kappa shape index (κ1) is 11.9. The van der Waals surface area contributed by atoms with E-state index in [1.807, 2.05) is 29.1 Å². The molecule has 0 aliphatic heterocycles. The molecule has 0 saturated heterocycles. The summed E-state index contributed by atoms with van der Waals surface area (Å²) in [6, 6.07) is 1.93. The van der Waals surface area contributed by atoms with Crippen LogP contribution in [0.1, 0.15) is 12.8 Å². The van der Waals surface area contributed by atoms with Crippen molar-refractivity contribution in [2.75, 3.05) is 6.54 Å². The van der Waals surface area contributed by atoms with Crippen LogP contribution >= 0.6 is 0 Å². The number of nitrogens with one attached hydrogen (secondary N) is 1. The van der Waals surface area contributed by atoms with Crippen LogP contribution < -0.4 is 11.1 Å². The Bertz CT molecular complexity index is 385. The molecule has 0 aromatic carbocycles. The maximum Gasteiger partial charge on any atom is 0.226 e. The van der Waals surface area contributed by atoms with Gasteiger partial charge in [0.1, 0.15) is 0 Å². The van der Waals surface area contributed by atoms with E-state index < -0.39 is 0 Å². The highest BCUT2D eigenvalue weighted by molar-refractivity contribution is 5.81. The van der Waals surface area contributed by atoms with Crippen molar-refractivity contribution >= 4 is 5.91 Å². The number of carbonyl (C=O) groups excluding carboxylic acids is 1. The fourth-order valence-corrected chi connectivity index (χ4v) is 1.94. The van der Waals surface area contributed by atoms with Crippen molar-refractivity contribution in [3.8, 4) is 0 Å². The lowest BCUT2D eigenvalue weighted by Crippen LogP contribution is -2.31. The molecule has 5 nitrogen and oxygen atoms in total. The summed E-state index contributed by atoms with van der Waals surface area (Å²) in [7, 11) is 0. The summed E-state index contributed by atoms with van der Waals surface area (Å²) >= 11 is 0. The van der Waals surface area contributed by atoms with E-state index in [1.54, 1.807) is 6.20 Å². The highest BCUT2D eigenvalue weighted by Crippen LogP contribution is 2.15. The highest BCUT2D eigenvalue weighted by Gasteiger charge is 2.21. The van der Waals surface area contributed by atoms with E-state index >= 15 is 0 Å². The largest absolute Gasteiger partial charge is 0.356 e. The number of rotatable bonds is 5. The minimum atomic E-state index is -0.0466. The first-order valence-corrected chi connectivity index (χ1v) is 5.95. The Kier molecular flexibility index (Phi) is 3.93. The van der Waals surface area contributed by atoms with Crippen LogP contribution in [0, 0.1) is 5.92 Å². The monoisotopic (exact) mass is 234 g/mol. The van der Waals surface area contributed by atoms with Crippen molar-refractivity contribution in [3.63, 3.8) is 0 Å². The molecule has 1 aliphatic carbocycles. The van der Waals surface area contributed by atoms with Gasteiger partial charge in [-0.25, -0.2) is 0 Å². The van der Waals surface area contributed by atoms with Gasteiger partial charge in [-0.05, 0) is 18.9 Å². The molecule has 0 fully saturated rings.